The number of carbonyl (C=O) groups is 1. The van der Waals surface area contributed by atoms with Gasteiger partial charge in [-0.2, -0.15) is 5.10 Å². The van der Waals surface area contributed by atoms with E-state index in [-0.39, 0.29) is 11.9 Å². The van der Waals surface area contributed by atoms with Crippen LogP contribution < -0.4 is 5.73 Å². The first kappa shape index (κ1) is 17.5. The fourth-order valence-corrected chi connectivity index (χ4v) is 3.66. The number of hydrogen-bond donors (Lipinski definition) is 1. The first-order valence-electron chi connectivity index (χ1n) is 8.64. The van der Waals surface area contributed by atoms with Crippen LogP contribution in [0.3, 0.4) is 0 Å². The molecule has 2 heterocycles. The van der Waals surface area contributed by atoms with Crippen LogP contribution in [0.25, 0.3) is 0 Å². The quantitative estimate of drug-likeness (QED) is 0.900. The number of carbonyl (C=O) groups excluding carboxylic acids is 1. The topological polar surface area (TPSA) is 77.0 Å². The molecule has 3 rings (SSSR count). The van der Waals surface area contributed by atoms with E-state index in [0.717, 1.165) is 43.0 Å². The molecule has 2 atom stereocenters. The van der Waals surface area contributed by atoms with Crippen LogP contribution in [-0.2, 0) is 11.3 Å². The number of aryl methyl sites for hydroxylation is 2. The summed E-state index contributed by atoms with van der Waals surface area (Å²) in [6.45, 7) is 5.24. The van der Waals surface area contributed by atoms with Crippen LogP contribution in [0, 0.1) is 19.7 Å². The average molecular weight is 345 g/mol. The lowest BCUT2D eigenvalue weighted by molar-refractivity contribution is -0.125. The largest absolute Gasteiger partial charge is 0.368 e. The van der Waals surface area contributed by atoms with Crippen molar-refractivity contribution in [2.45, 2.75) is 51.7 Å². The van der Waals surface area contributed by atoms with E-state index >= 15 is 0 Å². The molecular weight excluding hydrogens is 321 g/mol. The Balaban J connectivity index is 1.88. The van der Waals surface area contributed by atoms with Gasteiger partial charge in [0.2, 0.25) is 5.91 Å². The third-order valence-corrected chi connectivity index (χ3v) is 4.81. The summed E-state index contributed by atoms with van der Waals surface area (Å²) in [6, 6.07) is 5.60. The van der Waals surface area contributed by atoms with Gasteiger partial charge >= 0.3 is 0 Å². The number of benzene rings is 1. The highest BCUT2D eigenvalue weighted by Gasteiger charge is 2.33. The van der Waals surface area contributed by atoms with E-state index < -0.39 is 11.9 Å². The maximum atomic E-state index is 13.3. The van der Waals surface area contributed by atoms with E-state index in [4.69, 9.17) is 5.73 Å². The van der Waals surface area contributed by atoms with Crippen molar-refractivity contribution in [1.29, 1.82) is 0 Å². The summed E-state index contributed by atoms with van der Waals surface area (Å²) in [5, 5.41) is 4.44. The van der Waals surface area contributed by atoms with Crippen molar-refractivity contribution < 1.29 is 9.18 Å². The highest BCUT2D eigenvalue weighted by Crippen LogP contribution is 2.29. The van der Waals surface area contributed by atoms with Gasteiger partial charge in [0.1, 0.15) is 23.5 Å². The van der Waals surface area contributed by atoms with Crippen molar-refractivity contribution in [3.8, 4) is 0 Å². The Morgan fingerprint density at radius 3 is 2.64 bits per heavy atom. The standard InChI is InChI=1S/C18H24FN5O/c1-12-21-13(2)24(22-12)11-16-5-3-4-10-23(16)17(18(20)25)14-6-8-15(19)9-7-14/h6-9,16-17H,3-5,10-11H2,1-2H3,(H2,20,25)/t16-,17-/m0/s1. The zero-order valence-corrected chi connectivity index (χ0v) is 14.7. The molecule has 1 aromatic carbocycles. The Hall–Kier alpha value is -2.28. The van der Waals surface area contributed by atoms with Gasteiger partial charge in [0.15, 0.2) is 0 Å². The Morgan fingerprint density at radius 2 is 2.04 bits per heavy atom. The maximum absolute atomic E-state index is 13.3. The van der Waals surface area contributed by atoms with Crippen molar-refractivity contribution in [3.05, 3.63) is 47.3 Å². The van der Waals surface area contributed by atoms with Gasteiger partial charge in [-0.15, -0.1) is 0 Å². The Kier molecular flexibility index (Phi) is 5.13. The summed E-state index contributed by atoms with van der Waals surface area (Å²) in [4.78, 5) is 18.7. The van der Waals surface area contributed by atoms with E-state index in [0.29, 0.717) is 6.54 Å². The molecule has 0 bridgehead atoms. The average Bonchev–Trinajstić information content (AvgIpc) is 2.88. The number of likely N-dealkylation sites (tertiary alicyclic amines) is 1. The Bertz CT molecular complexity index is 742. The lowest BCUT2D eigenvalue weighted by atomic mass is 9.95. The minimum Gasteiger partial charge on any atom is -0.368 e. The highest BCUT2D eigenvalue weighted by atomic mass is 19.1. The summed E-state index contributed by atoms with van der Waals surface area (Å²) in [5.41, 5.74) is 6.45. The van der Waals surface area contributed by atoms with Crippen LogP contribution in [0.1, 0.15) is 42.5 Å². The maximum Gasteiger partial charge on any atom is 0.239 e. The van der Waals surface area contributed by atoms with Gasteiger partial charge < -0.3 is 5.73 Å². The number of piperidine rings is 1. The van der Waals surface area contributed by atoms with Crippen molar-refractivity contribution in [2.24, 2.45) is 5.73 Å². The van der Waals surface area contributed by atoms with Crippen molar-refractivity contribution in [1.82, 2.24) is 19.7 Å². The first-order chi connectivity index (χ1) is 12.0. The number of halogens is 1. The molecule has 25 heavy (non-hydrogen) atoms. The molecule has 0 spiro atoms. The monoisotopic (exact) mass is 345 g/mol. The molecule has 1 aliphatic heterocycles. The highest BCUT2D eigenvalue weighted by molar-refractivity contribution is 5.81. The lowest BCUT2D eigenvalue weighted by Crippen LogP contribution is -2.48. The number of amides is 1. The smallest absolute Gasteiger partial charge is 0.239 e. The molecule has 0 aliphatic carbocycles. The normalized spacial score (nSPS) is 19.7. The number of nitrogens with zero attached hydrogens (tertiary/aromatic N) is 4. The van der Waals surface area contributed by atoms with Gasteiger partial charge in [-0.3, -0.25) is 9.69 Å². The molecule has 134 valence electrons. The molecular formula is C18H24FN5O. The van der Waals surface area contributed by atoms with E-state index in [9.17, 15) is 9.18 Å². The number of primary amides is 1. The van der Waals surface area contributed by atoms with E-state index in [2.05, 4.69) is 15.0 Å². The SMILES string of the molecule is Cc1nc(C)n(C[C@@H]2CCCCN2[C@H](C(N)=O)c2ccc(F)cc2)n1. The summed E-state index contributed by atoms with van der Waals surface area (Å²) in [6.07, 6.45) is 3.07. The zero-order chi connectivity index (χ0) is 18.0. The molecule has 1 aliphatic rings. The van der Waals surface area contributed by atoms with Gasteiger partial charge in [-0.05, 0) is 50.9 Å². The van der Waals surface area contributed by atoms with Crippen LogP contribution >= 0.6 is 0 Å². The van der Waals surface area contributed by atoms with Gasteiger partial charge in [-0.1, -0.05) is 18.6 Å². The predicted octanol–water partition coefficient (Wildman–Crippen LogP) is 2.12. The molecule has 2 aromatic rings. The molecule has 2 N–H and O–H groups in total. The third kappa shape index (κ3) is 3.87. The summed E-state index contributed by atoms with van der Waals surface area (Å²) < 4.78 is 15.1. The molecule has 1 fully saturated rings. The van der Waals surface area contributed by atoms with Crippen molar-refractivity contribution in [2.75, 3.05) is 6.54 Å². The summed E-state index contributed by atoms with van der Waals surface area (Å²) in [7, 11) is 0. The summed E-state index contributed by atoms with van der Waals surface area (Å²) in [5.74, 6) is 0.867. The molecule has 1 amide bonds. The Morgan fingerprint density at radius 1 is 1.32 bits per heavy atom. The van der Waals surface area contributed by atoms with Crippen molar-refractivity contribution >= 4 is 5.91 Å². The molecule has 0 unspecified atom stereocenters. The Labute approximate surface area is 146 Å². The van der Waals surface area contributed by atoms with Crippen LogP contribution in [0.4, 0.5) is 4.39 Å². The van der Waals surface area contributed by atoms with Gasteiger partial charge in [-0.25, -0.2) is 14.1 Å². The van der Waals surface area contributed by atoms with E-state index in [1.807, 2.05) is 18.5 Å². The molecule has 0 saturated carbocycles. The van der Waals surface area contributed by atoms with Crippen LogP contribution in [0.5, 0.6) is 0 Å². The second-order valence-corrected chi connectivity index (χ2v) is 6.63. The molecule has 7 heteroatoms. The number of hydrogen-bond acceptors (Lipinski definition) is 4. The predicted molar refractivity (Wildman–Crippen MR) is 92.2 cm³/mol. The minimum atomic E-state index is -0.559. The molecule has 0 radical (unpaired) electrons. The zero-order valence-electron chi connectivity index (χ0n) is 14.7. The fraction of sp³-hybridized carbons (Fsp3) is 0.500. The second kappa shape index (κ2) is 7.31. The number of rotatable bonds is 5. The van der Waals surface area contributed by atoms with Crippen LogP contribution in [-0.4, -0.2) is 38.2 Å². The third-order valence-electron chi connectivity index (χ3n) is 4.81. The van der Waals surface area contributed by atoms with Gasteiger partial charge in [0, 0.05) is 6.04 Å². The van der Waals surface area contributed by atoms with E-state index in [1.165, 1.54) is 12.1 Å². The number of aromatic nitrogens is 3. The first-order valence-corrected chi connectivity index (χ1v) is 8.64. The summed E-state index contributed by atoms with van der Waals surface area (Å²) >= 11 is 0. The molecule has 1 saturated heterocycles. The number of nitrogens with two attached hydrogens (primary N) is 1. The lowest BCUT2D eigenvalue weighted by Gasteiger charge is -2.40. The van der Waals surface area contributed by atoms with E-state index in [1.54, 1.807) is 12.1 Å². The van der Waals surface area contributed by atoms with Crippen molar-refractivity contribution in [3.63, 3.8) is 0 Å². The van der Waals surface area contributed by atoms with Gasteiger partial charge in [0.25, 0.3) is 0 Å². The van der Waals surface area contributed by atoms with Gasteiger partial charge in [0.05, 0.1) is 6.54 Å². The fourth-order valence-electron chi connectivity index (χ4n) is 3.66. The second-order valence-electron chi connectivity index (χ2n) is 6.63. The minimum absolute atomic E-state index is 0.135. The van der Waals surface area contributed by atoms with Crippen LogP contribution in [0.2, 0.25) is 0 Å². The van der Waals surface area contributed by atoms with Crippen LogP contribution in [0.15, 0.2) is 24.3 Å². The molecule has 6 nitrogen and oxygen atoms in total. The molecule has 1 aromatic heterocycles.